The molecule has 0 saturated heterocycles. The highest BCUT2D eigenvalue weighted by molar-refractivity contribution is 5.89. The summed E-state index contributed by atoms with van der Waals surface area (Å²) in [6, 6.07) is 15.8. The van der Waals surface area contributed by atoms with Crippen molar-refractivity contribution in [2.75, 3.05) is 26.8 Å². The van der Waals surface area contributed by atoms with Crippen molar-refractivity contribution in [3.63, 3.8) is 0 Å². The lowest BCUT2D eigenvalue weighted by Crippen LogP contribution is -2.45. The summed E-state index contributed by atoms with van der Waals surface area (Å²) in [6.07, 6.45) is 1.61. The van der Waals surface area contributed by atoms with Gasteiger partial charge in [-0.1, -0.05) is 53.8 Å². The Bertz CT molecular complexity index is 1000. The SMILES string of the molecule is C=CCN(C(=O)Cn1nnc2ccccc21)C(C(=O)NCCOC)c1ccccc1. The number of fused-ring (bicyclic) bond motifs is 1. The molecule has 0 bridgehead atoms. The smallest absolute Gasteiger partial charge is 0.247 e. The second-order valence-corrected chi connectivity index (χ2v) is 6.67. The Labute approximate surface area is 175 Å². The van der Waals surface area contributed by atoms with Gasteiger partial charge in [0.2, 0.25) is 11.8 Å². The van der Waals surface area contributed by atoms with Gasteiger partial charge in [-0.15, -0.1) is 11.7 Å². The fraction of sp³-hybridized carbons (Fsp3) is 0.273. The topological polar surface area (TPSA) is 89.4 Å². The van der Waals surface area contributed by atoms with Crippen LogP contribution in [0.5, 0.6) is 0 Å². The molecule has 2 aromatic carbocycles. The zero-order valence-electron chi connectivity index (χ0n) is 16.9. The maximum atomic E-state index is 13.3. The van der Waals surface area contributed by atoms with Crippen molar-refractivity contribution in [2.24, 2.45) is 0 Å². The van der Waals surface area contributed by atoms with Crippen LogP contribution in [0, 0.1) is 0 Å². The van der Waals surface area contributed by atoms with Crippen LogP contribution in [0.3, 0.4) is 0 Å². The van der Waals surface area contributed by atoms with Gasteiger partial charge >= 0.3 is 0 Å². The Morgan fingerprint density at radius 1 is 1.20 bits per heavy atom. The van der Waals surface area contributed by atoms with E-state index in [2.05, 4.69) is 22.2 Å². The summed E-state index contributed by atoms with van der Waals surface area (Å²) in [5, 5.41) is 11.0. The van der Waals surface area contributed by atoms with Gasteiger partial charge in [-0.3, -0.25) is 9.59 Å². The van der Waals surface area contributed by atoms with Crippen molar-refractivity contribution in [1.29, 1.82) is 0 Å². The van der Waals surface area contributed by atoms with Gasteiger partial charge in [-0.05, 0) is 17.7 Å². The van der Waals surface area contributed by atoms with Gasteiger partial charge in [0.15, 0.2) is 0 Å². The van der Waals surface area contributed by atoms with Crippen LogP contribution in [-0.4, -0.2) is 58.5 Å². The number of hydrogen-bond donors (Lipinski definition) is 1. The molecule has 0 saturated carbocycles. The summed E-state index contributed by atoms with van der Waals surface area (Å²) in [5.41, 5.74) is 2.17. The Kier molecular flexibility index (Phi) is 7.29. The van der Waals surface area contributed by atoms with Gasteiger partial charge in [0.1, 0.15) is 18.1 Å². The van der Waals surface area contributed by atoms with E-state index in [1.807, 2.05) is 54.6 Å². The van der Waals surface area contributed by atoms with Gasteiger partial charge in [0.05, 0.1) is 12.1 Å². The molecule has 3 rings (SSSR count). The van der Waals surface area contributed by atoms with Gasteiger partial charge < -0.3 is 15.0 Å². The lowest BCUT2D eigenvalue weighted by atomic mass is 10.0. The molecule has 1 unspecified atom stereocenters. The third-order valence-corrected chi connectivity index (χ3v) is 4.63. The van der Waals surface area contributed by atoms with Crippen LogP contribution >= 0.6 is 0 Å². The highest BCUT2D eigenvalue weighted by Crippen LogP contribution is 2.22. The van der Waals surface area contributed by atoms with Crippen LogP contribution in [0.2, 0.25) is 0 Å². The van der Waals surface area contributed by atoms with Crippen molar-refractivity contribution < 1.29 is 14.3 Å². The van der Waals surface area contributed by atoms with Crippen LogP contribution in [0.1, 0.15) is 11.6 Å². The third kappa shape index (κ3) is 4.90. The molecule has 2 amide bonds. The molecule has 1 aromatic heterocycles. The van der Waals surface area contributed by atoms with Crippen LogP contribution in [-0.2, 0) is 20.9 Å². The second kappa shape index (κ2) is 10.3. The van der Waals surface area contributed by atoms with E-state index >= 15 is 0 Å². The van der Waals surface area contributed by atoms with E-state index < -0.39 is 6.04 Å². The van der Waals surface area contributed by atoms with E-state index in [-0.39, 0.29) is 24.9 Å². The zero-order chi connectivity index (χ0) is 21.3. The summed E-state index contributed by atoms with van der Waals surface area (Å²) < 4.78 is 6.55. The molecule has 1 atom stereocenters. The predicted molar refractivity (Wildman–Crippen MR) is 114 cm³/mol. The number of benzene rings is 2. The quantitative estimate of drug-likeness (QED) is 0.410. The van der Waals surface area contributed by atoms with Crippen molar-refractivity contribution in [2.45, 2.75) is 12.6 Å². The number of aromatic nitrogens is 3. The van der Waals surface area contributed by atoms with E-state index in [0.717, 1.165) is 5.52 Å². The van der Waals surface area contributed by atoms with Crippen molar-refractivity contribution in [3.05, 3.63) is 72.8 Å². The summed E-state index contributed by atoms with van der Waals surface area (Å²) in [5.74, 6) is -0.543. The summed E-state index contributed by atoms with van der Waals surface area (Å²) >= 11 is 0. The Hall–Kier alpha value is -3.52. The van der Waals surface area contributed by atoms with Crippen LogP contribution in [0.4, 0.5) is 0 Å². The number of nitrogens with zero attached hydrogens (tertiary/aromatic N) is 4. The molecule has 156 valence electrons. The van der Waals surface area contributed by atoms with E-state index in [1.54, 1.807) is 17.9 Å². The van der Waals surface area contributed by atoms with Crippen molar-refractivity contribution in [3.8, 4) is 0 Å². The van der Waals surface area contributed by atoms with E-state index in [0.29, 0.717) is 24.2 Å². The first-order chi connectivity index (χ1) is 14.7. The molecule has 8 heteroatoms. The monoisotopic (exact) mass is 407 g/mol. The van der Waals surface area contributed by atoms with Crippen LogP contribution < -0.4 is 5.32 Å². The van der Waals surface area contributed by atoms with Gasteiger partial charge in [-0.2, -0.15) is 0 Å². The normalized spacial score (nSPS) is 11.8. The molecular weight excluding hydrogens is 382 g/mol. The largest absolute Gasteiger partial charge is 0.383 e. The first-order valence-corrected chi connectivity index (χ1v) is 9.66. The first kappa shape index (κ1) is 21.2. The molecule has 0 aliphatic rings. The van der Waals surface area contributed by atoms with E-state index in [1.165, 1.54) is 4.90 Å². The minimum Gasteiger partial charge on any atom is -0.383 e. The molecule has 0 spiro atoms. The summed E-state index contributed by atoms with van der Waals surface area (Å²) in [7, 11) is 1.57. The lowest BCUT2D eigenvalue weighted by Gasteiger charge is -2.30. The number of carbonyl (C=O) groups excluding carboxylic acids is 2. The minimum atomic E-state index is -0.802. The van der Waals surface area contributed by atoms with Crippen molar-refractivity contribution in [1.82, 2.24) is 25.2 Å². The maximum absolute atomic E-state index is 13.3. The molecular formula is C22H25N5O3. The summed E-state index contributed by atoms with van der Waals surface area (Å²) in [4.78, 5) is 27.8. The lowest BCUT2D eigenvalue weighted by molar-refractivity contribution is -0.140. The molecule has 3 aromatic rings. The molecule has 0 fully saturated rings. The number of hydrogen-bond acceptors (Lipinski definition) is 5. The fourth-order valence-corrected chi connectivity index (χ4v) is 3.22. The molecule has 8 nitrogen and oxygen atoms in total. The second-order valence-electron chi connectivity index (χ2n) is 6.67. The number of carbonyl (C=O) groups is 2. The molecule has 0 aliphatic carbocycles. The van der Waals surface area contributed by atoms with Crippen molar-refractivity contribution >= 4 is 22.8 Å². The Morgan fingerprint density at radius 3 is 2.67 bits per heavy atom. The molecule has 30 heavy (non-hydrogen) atoms. The number of nitrogens with one attached hydrogen (secondary N) is 1. The molecule has 1 N–H and O–H groups in total. The van der Waals surface area contributed by atoms with Gasteiger partial charge in [0.25, 0.3) is 0 Å². The number of amides is 2. The highest BCUT2D eigenvalue weighted by atomic mass is 16.5. The van der Waals surface area contributed by atoms with E-state index in [4.69, 9.17) is 4.74 Å². The standard InChI is InChI=1S/C22H25N5O3/c1-3-14-26(20(28)16-27-19-12-8-7-11-18(19)24-25-27)21(17-9-5-4-6-10-17)22(29)23-13-15-30-2/h3-12,21H,1,13-16H2,2H3,(H,23,29). The number of ether oxygens (including phenoxy) is 1. The maximum Gasteiger partial charge on any atom is 0.247 e. The Morgan fingerprint density at radius 2 is 1.93 bits per heavy atom. The minimum absolute atomic E-state index is 0.0387. The van der Waals surface area contributed by atoms with Gasteiger partial charge in [-0.25, -0.2) is 4.68 Å². The van der Waals surface area contributed by atoms with Gasteiger partial charge in [0, 0.05) is 20.2 Å². The predicted octanol–water partition coefficient (Wildman–Crippen LogP) is 1.95. The summed E-state index contributed by atoms with van der Waals surface area (Å²) in [6.45, 7) is 4.66. The van der Waals surface area contributed by atoms with E-state index in [9.17, 15) is 9.59 Å². The molecule has 0 aliphatic heterocycles. The average Bonchev–Trinajstić information content (AvgIpc) is 3.17. The zero-order valence-corrected chi connectivity index (χ0v) is 16.9. The van der Waals surface area contributed by atoms with Crippen LogP contribution in [0.15, 0.2) is 67.3 Å². The third-order valence-electron chi connectivity index (χ3n) is 4.63. The number of methoxy groups -OCH3 is 1. The average molecular weight is 407 g/mol. The molecule has 0 radical (unpaired) electrons. The fourth-order valence-electron chi connectivity index (χ4n) is 3.22. The van der Waals surface area contributed by atoms with Crippen LogP contribution in [0.25, 0.3) is 11.0 Å². The highest BCUT2D eigenvalue weighted by Gasteiger charge is 2.31. The number of rotatable bonds is 10. The first-order valence-electron chi connectivity index (χ1n) is 9.66. The Balaban J connectivity index is 1.89. The molecule has 1 heterocycles. The number of para-hydroxylation sites is 1.